The normalized spacial score (nSPS) is 10.3. The van der Waals surface area contributed by atoms with Crippen molar-refractivity contribution in [2.24, 2.45) is 0 Å². The number of carbonyl (C=O) groups is 1. The Morgan fingerprint density at radius 2 is 2.25 bits per heavy atom. The van der Waals surface area contributed by atoms with E-state index in [0.717, 1.165) is 0 Å². The molecule has 4 nitrogen and oxygen atoms in total. The van der Waals surface area contributed by atoms with Crippen molar-refractivity contribution in [2.45, 2.75) is 26.9 Å². The van der Waals surface area contributed by atoms with Gasteiger partial charge in [0, 0.05) is 6.20 Å². The van der Waals surface area contributed by atoms with Gasteiger partial charge in [0.15, 0.2) is 0 Å². The van der Waals surface area contributed by atoms with Gasteiger partial charge in [0.05, 0.1) is 22.7 Å². The number of halogens is 1. The van der Waals surface area contributed by atoms with Gasteiger partial charge in [0.1, 0.15) is 0 Å². The number of nitrogens with zero attached hydrogens (tertiary/aromatic N) is 1. The largest absolute Gasteiger partial charge is 0.477 e. The summed E-state index contributed by atoms with van der Waals surface area (Å²) in [4.78, 5) is 15.6. The molecule has 0 aliphatic heterocycles. The highest BCUT2D eigenvalue weighted by Gasteiger charge is 2.12. The second-order valence-corrected chi connectivity index (χ2v) is 4.25. The van der Waals surface area contributed by atoms with Crippen LogP contribution in [-0.4, -0.2) is 23.7 Å². The monoisotopic (exact) mass is 287 g/mol. The summed E-state index contributed by atoms with van der Waals surface area (Å²) < 4.78 is 10.9. The molecule has 0 atom stereocenters. The second-order valence-electron chi connectivity index (χ2n) is 3.40. The summed E-state index contributed by atoms with van der Waals surface area (Å²) in [6.45, 7) is 6.00. The zero-order chi connectivity index (χ0) is 12.1. The van der Waals surface area contributed by atoms with Crippen molar-refractivity contribution in [1.29, 1.82) is 0 Å². The number of aromatic nitrogens is 1. The molecule has 0 bridgehead atoms. The van der Waals surface area contributed by atoms with Gasteiger partial charge in [-0.1, -0.05) is 0 Å². The summed E-state index contributed by atoms with van der Waals surface area (Å²) in [5.74, 6) is 0.0924. The maximum Gasteiger partial charge on any atom is 0.339 e. The fourth-order valence-electron chi connectivity index (χ4n) is 1.06. The Morgan fingerprint density at radius 3 is 2.75 bits per heavy atom. The van der Waals surface area contributed by atoms with Crippen molar-refractivity contribution in [3.05, 3.63) is 22.3 Å². The van der Waals surface area contributed by atoms with E-state index in [2.05, 4.69) is 20.9 Å². The Morgan fingerprint density at radius 1 is 1.56 bits per heavy atom. The first kappa shape index (κ1) is 13.0. The van der Waals surface area contributed by atoms with Crippen LogP contribution in [0.4, 0.5) is 0 Å². The molecular formula is C11H14BrNO3. The number of pyridine rings is 1. The standard InChI is InChI=1S/C11H14BrNO3/c1-4-15-10-9(12)5-8(6-13-10)11(14)16-7(2)3/h5-7H,4H2,1-3H3. The minimum atomic E-state index is -0.383. The fraction of sp³-hybridized carbons (Fsp3) is 0.455. The van der Waals surface area contributed by atoms with Crippen LogP contribution in [0.1, 0.15) is 31.1 Å². The molecular weight excluding hydrogens is 274 g/mol. The van der Waals surface area contributed by atoms with Gasteiger partial charge in [-0.15, -0.1) is 0 Å². The number of ether oxygens (including phenoxy) is 2. The van der Waals surface area contributed by atoms with Gasteiger partial charge in [0.25, 0.3) is 0 Å². The average Bonchev–Trinajstić information content (AvgIpc) is 2.20. The van der Waals surface area contributed by atoms with Crippen LogP contribution in [0.25, 0.3) is 0 Å². The summed E-state index contributed by atoms with van der Waals surface area (Å²) in [5.41, 5.74) is 0.407. The Balaban J connectivity index is 2.84. The first-order valence-corrected chi connectivity index (χ1v) is 5.83. The number of hydrogen-bond donors (Lipinski definition) is 0. The lowest BCUT2D eigenvalue weighted by Crippen LogP contribution is -2.12. The van der Waals surface area contributed by atoms with E-state index >= 15 is 0 Å². The summed E-state index contributed by atoms with van der Waals surface area (Å²) in [6, 6.07) is 1.64. The van der Waals surface area contributed by atoms with E-state index in [1.54, 1.807) is 19.9 Å². The quantitative estimate of drug-likeness (QED) is 0.799. The van der Waals surface area contributed by atoms with E-state index in [9.17, 15) is 4.79 Å². The van der Waals surface area contributed by atoms with Crippen molar-refractivity contribution in [3.63, 3.8) is 0 Å². The minimum absolute atomic E-state index is 0.141. The molecule has 0 aromatic carbocycles. The van der Waals surface area contributed by atoms with Crippen LogP contribution in [0, 0.1) is 0 Å². The molecule has 0 unspecified atom stereocenters. The van der Waals surface area contributed by atoms with Crippen LogP contribution in [0.3, 0.4) is 0 Å². The van der Waals surface area contributed by atoms with Crippen LogP contribution in [0.2, 0.25) is 0 Å². The molecule has 0 spiro atoms. The van der Waals surface area contributed by atoms with E-state index in [1.807, 2.05) is 6.92 Å². The van der Waals surface area contributed by atoms with Gasteiger partial charge in [0.2, 0.25) is 5.88 Å². The zero-order valence-corrected chi connectivity index (χ0v) is 11.1. The van der Waals surface area contributed by atoms with Crippen molar-refractivity contribution in [2.75, 3.05) is 6.61 Å². The Kier molecular flexibility index (Phi) is 4.73. The van der Waals surface area contributed by atoms with Crippen LogP contribution in [-0.2, 0) is 4.74 Å². The van der Waals surface area contributed by atoms with Crippen LogP contribution < -0.4 is 4.74 Å². The highest BCUT2D eigenvalue weighted by molar-refractivity contribution is 9.10. The van der Waals surface area contributed by atoms with Crippen molar-refractivity contribution in [1.82, 2.24) is 4.98 Å². The number of esters is 1. The number of hydrogen-bond acceptors (Lipinski definition) is 4. The lowest BCUT2D eigenvalue weighted by molar-refractivity contribution is 0.0377. The predicted molar refractivity (Wildman–Crippen MR) is 63.7 cm³/mol. The molecule has 1 heterocycles. The third kappa shape index (κ3) is 3.48. The maximum atomic E-state index is 11.6. The van der Waals surface area contributed by atoms with E-state index in [0.29, 0.717) is 22.5 Å². The third-order valence-corrected chi connectivity index (χ3v) is 2.24. The molecule has 16 heavy (non-hydrogen) atoms. The molecule has 1 rings (SSSR count). The summed E-state index contributed by atoms with van der Waals surface area (Å²) in [6.07, 6.45) is 1.30. The molecule has 0 saturated carbocycles. The molecule has 5 heteroatoms. The SMILES string of the molecule is CCOc1ncc(C(=O)OC(C)C)cc1Br. The second kappa shape index (κ2) is 5.84. The first-order chi connectivity index (χ1) is 7.54. The van der Waals surface area contributed by atoms with E-state index in [-0.39, 0.29) is 12.1 Å². The van der Waals surface area contributed by atoms with E-state index in [4.69, 9.17) is 9.47 Å². The van der Waals surface area contributed by atoms with E-state index in [1.165, 1.54) is 6.20 Å². The third-order valence-electron chi connectivity index (χ3n) is 1.67. The Hall–Kier alpha value is -1.10. The lowest BCUT2D eigenvalue weighted by atomic mass is 10.3. The Labute approximate surface area is 103 Å². The molecule has 1 aromatic rings. The van der Waals surface area contributed by atoms with Gasteiger partial charge in [-0.25, -0.2) is 9.78 Å². The predicted octanol–water partition coefficient (Wildman–Crippen LogP) is 2.81. The molecule has 0 aliphatic carbocycles. The van der Waals surface area contributed by atoms with Crippen LogP contribution in [0.15, 0.2) is 16.7 Å². The molecule has 1 aromatic heterocycles. The summed E-state index contributed by atoms with van der Waals surface area (Å²) in [5, 5.41) is 0. The molecule has 0 fully saturated rings. The highest BCUT2D eigenvalue weighted by Crippen LogP contribution is 2.23. The summed E-state index contributed by atoms with van der Waals surface area (Å²) >= 11 is 3.29. The molecule has 88 valence electrons. The van der Waals surface area contributed by atoms with E-state index < -0.39 is 0 Å². The van der Waals surface area contributed by atoms with Crippen molar-refractivity contribution >= 4 is 21.9 Å². The van der Waals surface area contributed by atoms with Crippen molar-refractivity contribution in [3.8, 4) is 5.88 Å². The molecule has 0 N–H and O–H groups in total. The van der Waals surface area contributed by atoms with Crippen LogP contribution >= 0.6 is 15.9 Å². The van der Waals surface area contributed by atoms with Gasteiger partial charge >= 0.3 is 5.97 Å². The van der Waals surface area contributed by atoms with Gasteiger partial charge in [-0.2, -0.15) is 0 Å². The average molecular weight is 288 g/mol. The molecule has 0 saturated heterocycles. The summed E-state index contributed by atoms with van der Waals surface area (Å²) in [7, 11) is 0. The smallest absolute Gasteiger partial charge is 0.339 e. The van der Waals surface area contributed by atoms with Gasteiger partial charge in [-0.3, -0.25) is 0 Å². The van der Waals surface area contributed by atoms with Gasteiger partial charge in [-0.05, 0) is 42.8 Å². The zero-order valence-electron chi connectivity index (χ0n) is 9.49. The first-order valence-electron chi connectivity index (χ1n) is 5.04. The van der Waals surface area contributed by atoms with Crippen molar-refractivity contribution < 1.29 is 14.3 Å². The molecule has 0 amide bonds. The maximum absolute atomic E-state index is 11.6. The number of rotatable bonds is 4. The lowest BCUT2D eigenvalue weighted by Gasteiger charge is -2.09. The minimum Gasteiger partial charge on any atom is -0.477 e. The number of carbonyl (C=O) groups excluding carboxylic acids is 1. The highest BCUT2D eigenvalue weighted by atomic mass is 79.9. The van der Waals surface area contributed by atoms with Crippen LogP contribution in [0.5, 0.6) is 5.88 Å². The topological polar surface area (TPSA) is 48.4 Å². The van der Waals surface area contributed by atoms with Gasteiger partial charge < -0.3 is 9.47 Å². The molecule has 0 aliphatic rings. The fourth-order valence-corrected chi connectivity index (χ4v) is 1.53. The molecule has 0 radical (unpaired) electrons. The Bertz CT molecular complexity index is 379.